The van der Waals surface area contributed by atoms with Crippen molar-refractivity contribution in [2.24, 2.45) is 0 Å². The lowest BCUT2D eigenvalue weighted by molar-refractivity contribution is 0.194. The van der Waals surface area contributed by atoms with Crippen LogP contribution in [0.5, 0.6) is 0 Å². The van der Waals surface area contributed by atoms with Gasteiger partial charge in [-0.05, 0) is 19.8 Å². The van der Waals surface area contributed by atoms with Crippen molar-refractivity contribution >= 4 is 9.84 Å². The zero-order valence-electron chi connectivity index (χ0n) is 9.09. The molecule has 16 heavy (non-hydrogen) atoms. The Labute approximate surface area is 94.4 Å². The predicted octanol–water partition coefficient (Wildman–Crippen LogP) is 1.02. The third-order valence-electron chi connectivity index (χ3n) is 2.78. The van der Waals surface area contributed by atoms with E-state index >= 15 is 0 Å². The number of hydrogen-bond donors (Lipinski definition) is 1. The highest BCUT2D eigenvalue weighted by Gasteiger charge is 2.29. The van der Waals surface area contributed by atoms with Gasteiger partial charge in [-0.1, -0.05) is 0 Å². The molecule has 1 N–H and O–H groups in total. The predicted molar refractivity (Wildman–Crippen MR) is 57.8 cm³/mol. The molecule has 2 rings (SSSR count). The van der Waals surface area contributed by atoms with Gasteiger partial charge in [-0.15, -0.1) is 0 Å². The van der Waals surface area contributed by atoms with Gasteiger partial charge in [-0.3, -0.25) is 0 Å². The van der Waals surface area contributed by atoms with Crippen LogP contribution in [0.25, 0.3) is 0 Å². The van der Waals surface area contributed by atoms with E-state index in [-0.39, 0.29) is 17.4 Å². The van der Waals surface area contributed by atoms with Crippen molar-refractivity contribution in [3.63, 3.8) is 0 Å². The van der Waals surface area contributed by atoms with Crippen LogP contribution in [-0.2, 0) is 9.84 Å². The highest BCUT2D eigenvalue weighted by atomic mass is 32.2. The van der Waals surface area contributed by atoms with E-state index in [1.807, 2.05) is 0 Å². The summed E-state index contributed by atoms with van der Waals surface area (Å²) in [5.74, 6) is 0.630. The zero-order valence-corrected chi connectivity index (χ0v) is 9.90. The SMILES string of the molecule is CC(O)c1coc(C2CCCS(=O)(=O)C2)n1. The van der Waals surface area contributed by atoms with Crippen molar-refractivity contribution in [2.75, 3.05) is 11.5 Å². The summed E-state index contributed by atoms with van der Waals surface area (Å²) in [5.41, 5.74) is 0.456. The number of sulfone groups is 1. The standard InChI is InChI=1S/C10H15NO4S/c1-7(12)9-5-15-10(11-9)8-3-2-4-16(13,14)6-8/h5,7-8,12H,2-4,6H2,1H3. The minimum Gasteiger partial charge on any atom is -0.448 e. The third-order valence-corrected chi connectivity index (χ3v) is 4.60. The molecule has 0 aromatic carbocycles. The molecule has 1 aliphatic heterocycles. The second-order valence-electron chi connectivity index (χ2n) is 4.24. The first kappa shape index (κ1) is 11.6. The molecule has 2 unspecified atom stereocenters. The fourth-order valence-corrected chi connectivity index (χ4v) is 3.59. The van der Waals surface area contributed by atoms with Crippen molar-refractivity contribution in [1.29, 1.82) is 0 Å². The molecule has 1 aliphatic rings. The third kappa shape index (κ3) is 2.44. The molecule has 1 saturated heterocycles. The van der Waals surface area contributed by atoms with Crippen molar-refractivity contribution in [2.45, 2.75) is 31.8 Å². The van der Waals surface area contributed by atoms with Crippen LogP contribution in [0, 0.1) is 0 Å². The maximum atomic E-state index is 11.5. The second-order valence-corrected chi connectivity index (χ2v) is 6.47. The molecule has 2 atom stereocenters. The minimum absolute atomic E-state index is 0.104. The summed E-state index contributed by atoms with van der Waals surface area (Å²) in [6.07, 6.45) is 2.14. The molecule has 2 heterocycles. The summed E-state index contributed by atoms with van der Waals surface area (Å²) in [6, 6.07) is 0. The zero-order chi connectivity index (χ0) is 11.8. The number of aliphatic hydroxyl groups is 1. The summed E-state index contributed by atoms with van der Waals surface area (Å²) in [4.78, 5) is 4.12. The average Bonchev–Trinajstić information content (AvgIpc) is 2.64. The van der Waals surface area contributed by atoms with Crippen LogP contribution in [0.3, 0.4) is 0 Å². The molecule has 0 saturated carbocycles. The van der Waals surface area contributed by atoms with Crippen LogP contribution < -0.4 is 0 Å². The summed E-state index contributed by atoms with van der Waals surface area (Å²) in [5, 5.41) is 9.30. The first-order chi connectivity index (χ1) is 7.48. The smallest absolute Gasteiger partial charge is 0.198 e. The van der Waals surface area contributed by atoms with Crippen LogP contribution in [0.1, 0.15) is 43.4 Å². The largest absolute Gasteiger partial charge is 0.448 e. The molecule has 1 fully saturated rings. The number of aliphatic hydroxyl groups excluding tert-OH is 1. The number of nitrogens with zero attached hydrogens (tertiary/aromatic N) is 1. The Bertz CT molecular complexity index is 463. The first-order valence-corrected chi connectivity index (χ1v) is 7.14. The van der Waals surface area contributed by atoms with Crippen molar-refractivity contribution in [3.8, 4) is 0 Å². The van der Waals surface area contributed by atoms with Crippen molar-refractivity contribution in [1.82, 2.24) is 4.98 Å². The molecule has 0 aliphatic carbocycles. The van der Waals surface area contributed by atoms with Gasteiger partial charge in [0.15, 0.2) is 15.7 Å². The summed E-state index contributed by atoms with van der Waals surface area (Å²) in [7, 11) is -2.95. The lowest BCUT2D eigenvalue weighted by atomic mass is 10.1. The molecule has 0 spiro atoms. The summed E-state index contributed by atoms with van der Waals surface area (Å²) in [6.45, 7) is 1.60. The Morgan fingerprint density at radius 2 is 2.38 bits per heavy atom. The van der Waals surface area contributed by atoms with Gasteiger partial charge in [0.1, 0.15) is 12.0 Å². The van der Waals surface area contributed by atoms with Crippen molar-refractivity contribution < 1.29 is 17.9 Å². The quantitative estimate of drug-likeness (QED) is 0.841. The van der Waals surface area contributed by atoms with E-state index in [2.05, 4.69) is 4.98 Å². The Kier molecular flexibility index (Phi) is 3.03. The highest BCUT2D eigenvalue weighted by molar-refractivity contribution is 7.91. The van der Waals surface area contributed by atoms with Crippen LogP contribution in [0.2, 0.25) is 0 Å². The van der Waals surface area contributed by atoms with E-state index in [0.717, 1.165) is 6.42 Å². The Morgan fingerprint density at radius 1 is 1.62 bits per heavy atom. The van der Waals surface area contributed by atoms with E-state index in [9.17, 15) is 13.5 Å². The van der Waals surface area contributed by atoms with Crippen LogP contribution in [0.4, 0.5) is 0 Å². The van der Waals surface area contributed by atoms with Gasteiger partial charge >= 0.3 is 0 Å². The minimum atomic E-state index is -2.95. The Hall–Kier alpha value is -0.880. The van der Waals surface area contributed by atoms with Gasteiger partial charge in [-0.25, -0.2) is 13.4 Å². The number of aromatic nitrogens is 1. The van der Waals surface area contributed by atoms with E-state index in [1.54, 1.807) is 6.92 Å². The molecule has 1 aromatic rings. The molecule has 0 amide bonds. The second kappa shape index (κ2) is 4.18. The van der Waals surface area contributed by atoms with Gasteiger partial charge < -0.3 is 9.52 Å². The van der Waals surface area contributed by atoms with Gasteiger partial charge in [0.2, 0.25) is 0 Å². The highest BCUT2D eigenvalue weighted by Crippen LogP contribution is 2.28. The van der Waals surface area contributed by atoms with E-state index in [4.69, 9.17) is 4.42 Å². The number of rotatable bonds is 2. The maximum Gasteiger partial charge on any atom is 0.198 e. The Morgan fingerprint density at radius 3 is 2.94 bits per heavy atom. The topological polar surface area (TPSA) is 80.4 Å². The molecule has 5 nitrogen and oxygen atoms in total. The molecule has 90 valence electrons. The van der Waals surface area contributed by atoms with Crippen LogP contribution in [-0.4, -0.2) is 30.0 Å². The van der Waals surface area contributed by atoms with E-state index in [1.165, 1.54) is 6.26 Å². The fraction of sp³-hybridized carbons (Fsp3) is 0.700. The monoisotopic (exact) mass is 245 g/mol. The molecule has 0 radical (unpaired) electrons. The molecule has 6 heteroatoms. The normalized spacial score (nSPS) is 26.5. The summed E-state index contributed by atoms with van der Waals surface area (Å²) < 4.78 is 28.1. The summed E-state index contributed by atoms with van der Waals surface area (Å²) >= 11 is 0. The average molecular weight is 245 g/mol. The molecule has 0 bridgehead atoms. The number of hydrogen-bond acceptors (Lipinski definition) is 5. The van der Waals surface area contributed by atoms with Crippen LogP contribution in [0.15, 0.2) is 10.7 Å². The van der Waals surface area contributed by atoms with Crippen molar-refractivity contribution in [3.05, 3.63) is 17.8 Å². The van der Waals surface area contributed by atoms with Gasteiger partial charge in [0.25, 0.3) is 0 Å². The molecule has 1 aromatic heterocycles. The first-order valence-electron chi connectivity index (χ1n) is 5.32. The molecular formula is C10H15NO4S. The van der Waals surface area contributed by atoms with Crippen LogP contribution >= 0.6 is 0 Å². The van der Waals surface area contributed by atoms with E-state index < -0.39 is 15.9 Å². The number of oxazole rings is 1. The Balaban J connectivity index is 2.17. The lowest BCUT2D eigenvalue weighted by Crippen LogP contribution is -2.23. The van der Waals surface area contributed by atoms with Gasteiger partial charge in [0, 0.05) is 5.92 Å². The molecular weight excluding hydrogens is 230 g/mol. The lowest BCUT2D eigenvalue weighted by Gasteiger charge is -2.18. The maximum absolute atomic E-state index is 11.5. The van der Waals surface area contributed by atoms with Gasteiger partial charge in [0.05, 0.1) is 17.6 Å². The van der Waals surface area contributed by atoms with E-state index in [0.29, 0.717) is 18.0 Å². The van der Waals surface area contributed by atoms with Gasteiger partial charge in [-0.2, -0.15) is 0 Å². The fourth-order valence-electron chi connectivity index (χ4n) is 1.90.